The van der Waals surface area contributed by atoms with Gasteiger partial charge in [-0.15, -0.1) is 22.7 Å². The number of thiophene rings is 2. The molecule has 12 heteroatoms. The number of carbonyl (C=O) groups excluding carboxylic acids is 4. The summed E-state index contributed by atoms with van der Waals surface area (Å²) in [6, 6.07) is 15.3. The molecule has 0 radical (unpaired) electrons. The van der Waals surface area contributed by atoms with Gasteiger partial charge in [-0.2, -0.15) is 0 Å². The molecular weight excluding hydrogens is 508 g/mol. The van der Waals surface area contributed by atoms with E-state index >= 15 is 0 Å². The highest BCUT2D eigenvalue weighted by molar-refractivity contribution is 7.25. The fraction of sp³-hybridized carbons (Fsp3) is 0. The van der Waals surface area contributed by atoms with Gasteiger partial charge in [0.1, 0.15) is 0 Å². The first kappa shape index (κ1) is 21.8. The number of aromatic amines is 2. The predicted molar refractivity (Wildman–Crippen MR) is 128 cm³/mol. The summed E-state index contributed by atoms with van der Waals surface area (Å²) < 4.78 is 18.1. The number of rotatable bonds is 5. The lowest BCUT2D eigenvalue weighted by atomic mass is 10.3. The van der Waals surface area contributed by atoms with Crippen LogP contribution in [0.3, 0.4) is 0 Å². The molecule has 0 unspecified atom stereocenters. The average molecular weight is 521 g/mol. The van der Waals surface area contributed by atoms with E-state index < -0.39 is 24.2 Å². The van der Waals surface area contributed by atoms with Gasteiger partial charge in [0.2, 0.25) is 11.5 Å². The van der Waals surface area contributed by atoms with Crippen molar-refractivity contribution < 1.29 is 38.1 Å². The zero-order chi connectivity index (χ0) is 24.8. The van der Waals surface area contributed by atoms with E-state index in [1.165, 1.54) is 12.2 Å². The molecule has 2 N–H and O–H groups in total. The Morgan fingerprint density at radius 2 is 0.944 bits per heavy atom. The predicted octanol–water partition coefficient (Wildman–Crippen LogP) is 5.54. The molecule has 6 heterocycles. The largest absolute Gasteiger partial charge is 0.522 e. The van der Waals surface area contributed by atoms with E-state index in [0.717, 1.165) is 30.9 Å². The van der Waals surface area contributed by atoms with Crippen LogP contribution in [-0.4, -0.2) is 34.2 Å². The van der Waals surface area contributed by atoms with Gasteiger partial charge in [-0.05, 0) is 48.5 Å². The van der Waals surface area contributed by atoms with Crippen LogP contribution in [0.15, 0.2) is 60.0 Å². The Bertz CT molecular complexity index is 1510. The van der Waals surface area contributed by atoms with Crippen LogP contribution in [0.4, 0.5) is 9.59 Å². The average Bonchev–Trinajstić information content (AvgIpc) is 3.65. The van der Waals surface area contributed by atoms with Gasteiger partial charge >= 0.3 is 24.2 Å². The van der Waals surface area contributed by atoms with E-state index in [9.17, 15) is 19.2 Å². The van der Waals surface area contributed by atoms with Gasteiger partial charge in [0.05, 0.1) is 21.1 Å². The molecule has 36 heavy (non-hydrogen) atoms. The Kier molecular flexibility index (Phi) is 5.16. The first-order valence-corrected chi connectivity index (χ1v) is 11.9. The third kappa shape index (κ3) is 4.15. The molecule has 0 atom stereocenters. The molecule has 0 spiro atoms. The molecule has 0 aliphatic carbocycles. The quantitative estimate of drug-likeness (QED) is 0.199. The number of nitrogens with one attached hydrogen (secondary N) is 2. The van der Waals surface area contributed by atoms with E-state index in [2.05, 4.69) is 19.4 Å². The fourth-order valence-electron chi connectivity index (χ4n) is 3.53. The highest BCUT2D eigenvalue weighted by atomic mass is 32.1. The van der Waals surface area contributed by atoms with Crippen LogP contribution >= 0.6 is 22.7 Å². The third-order valence-corrected chi connectivity index (χ3v) is 7.55. The minimum atomic E-state index is -1.03. The van der Waals surface area contributed by atoms with Crippen LogP contribution < -0.4 is 0 Å². The molecule has 0 bridgehead atoms. The molecule has 2 fully saturated rings. The number of cyclic esters (lactones) is 6. The molecule has 0 amide bonds. The molecule has 0 aromatic carbocycles. The lowest BCUT2D eigenvalue weighted by Crippen LogP contribution is -1.95. The van der Waals surface area contributed by atoms with E-state index in [-0.39, 0.29) is 11.5 Å². The molecular formula is C24H12N2O8S2. The highest BCUT2D eigenvalue weighted by Crippen LogP contribution is 2.40. The van der Waals surface area contributed by atoms with Crippen molar-refractivity contribution in [2.45, 2.75) is 0 Å². The van der Waals surface area contributed by atoms with E-state index in [0.29, 0.717) is 11.4 Å². The van der Waals surface area contributed by atoms with Crippen LogP contribution in [0, 0.1) is 0 Å². The fourth-order valence-corrected chi connectivity index (χ4v) is 5.59. The summed E-state index contributed by atoms with van der Waals surface area (Å²) in [5.74, 6) is -1.98. The van der Waals surface area contributed by atoms with Crippen molar-refractivity contribution in [3.05, 3.63) is 71.4 Å². The topological polar surface area (TPSA) is 137 Å². The van der Waals surface area contributed by atoms with Crippen molar-refractivity contribution in [3.63, 3.8) is 0 Å². The lowest BCUT2D eigenvalue weighted by molar-refractivity contribution is -0.131. The van der Waals surface area contributed by atoms with Crippen LogP contribution in [0.5, 0.6) is 0 Å². The van der Waals surface area contributed by atoms with Crippen molar-refractivity contribution in [1.29, 1.82) is 0 Å². The molecule has 0 saturated carbocycles. The van der Waals surface area contributed by atoms with Crippen molar-refractivity contribution in [2.75, 3.05) is 0 Å². The number of esters is 2. The normalized spacial score (nSPS) is 17.6. The van der Waals surface area contributed by atoms with Gasteiger partial charge in [-0.25, -0.2) is 19.2 Å². The summed E-state index contributed by atoms with van der Waals surface area (Å²) >= 11 is 3.19. The van der Waals surface area contributed by atoms with Crippen LogP contribution in [0.2, 0.25) is 0 Å². The molecule has 178 valence electrons. The lowest BCUT2D eigenvalue weighted by Gasteiger charge is -1.94. The van der Waals surface area contributed by atoms with Crippen molar-refractivity contribution >= 4 is 59.1 Å². The van der Waals surface area contributed by atoms with Crippen LogP contribution in [0.25, 0.3) is 43.0 Å². The second kappa shape index (κ2) is 8.52. The highest BCUT2D eigenvalue weighted by Gasteiger charge is 2.30. The minimum absolute atomic E-state index is 0.167. The summed E-state index contributed by atoms with van der Waals surface area (Å²) in [5.41, 5.74) is 2.89. The monoisotopic (exact) mass is 520 g/mol. The second-order valence-electron chi connectivity index (χ2n) is 7.48. The number of hydrogen-bond acceptors (Lipinski definition) is 10. The smallest absolute Gasteiger partial charge is 0.387 e. The molecule has 4 aromatic rings. The Morgan fingerprint density at radius 3 is 1.33 bits per heavy atom. The summed E-state index contributed by atoms with van der Waals surface area (Å²) in [6.45, 7) is 0. The summed E-state index contributed by atoms with van der Waals surface area (Å²) in [7, 11) is 0. The summed E-state index contributed by atoms with van der Waals surface area (Å²) in [6.07, 6.45) is 0.759. The maximum Gasteiger partial charge on any atom is 0.522 e. The maximum absolute atomic E-state index is 11.5. The van der Waals surface area contributed by atoms with Gasteiger partial charge < -0.3 is 28.9 Å². The molecule has 2 aliphatic heterocycles. The SMILES string of the molecule is O=C1OC(=O)C(=Cc2ccc(-c3ccc(-c4ccc(-c5ccc(C=C6OC(=O)OC6=O)[nH]5)s4)s3)[nH]2)O1. The number of aromatic nitrogens is 2. The first-order valence-electron chi connectivity index (χ1n) is 10.3. The van der Waals surface area contributed by atoms with Crippen LogP contribution in [-0.2, 0) is 28.5 Å². The Morgan fingerprint density at radius 1 is 0.528 bits per heavy atom. The Hall–Kier alpha value is -4.68. The van der Waals surface area contributed by atoms with Crippen LogP contribution in [0.1, 0.15) is 11.4 Å². The van der Waals surface area contributed by atoms with E-state index in [4.69, 9.17) is 9.47 Å². The van der Waals surface area contributed by atoms with Gasteiger partial charge in [-0.3, -0.25) is 0 Å². The van der Waals surface area contributed by atoms with Gasteiger partial charge in [0, 0.05) is 33.3 Å². The second-order valence-corrected chi connectivity index (χ2v) is 9.65. The Labute approximate surface area is 209 Å². The molecule has 6 rings (SSSR count). The number of hydrogen-bond donors (Lipinski definition) is 2. The van der Waals surface area contributed by atoms with Crippen molar-refractivity contribution in [3.8, 4) is 30.9 Å². The summed E-state index contributed by atoms with van der Waals surface area (Å²) in [5, 5.41) is 0. The van der Waals surface area contributed by atoms with E-state index in [1.807, 2.05) is 36.4 Å². The maximum atomic E-state index is 11.5. The molecule has 2 saturated heterocycles. The standard InChI is InChI=1S/C24H12N2O8S2/c27-21-15(31-23(29)33-21)9-11-1-3-13(25-11)17-5-7-19(35-17)20-8-6-18(36-20)14-4-2-12(26-14)10-16-22(28)34-24(30)32-16/h1-10,25-26H. The summed E-state index contributed by atoms with van der Waals surface area (Å²) in [4.78, 5) is 55.7. The van der Waals surface area contributed by atoms with Crippen molar-refractivity contribution in [2.24, 2.45) is 0 Å². The third-order valence-electron chi connectivity index (χ3n) is 5.12. The zero-order valence-electron chi connectivity index (χ0n) is 17.9. The van der Waals surface area contributed by atoms with Gasteiger partial charge in [0.25, 0.3) is 0 Å². The molecule has 2 aliphatic rings. The minimum Gasteiger partial charge on any atom is -0.387 e. The van der Waals surface area contributed by atoms with Gasteiger partial charge in [0.15, 0.2) is 0 Å². The van der Waals surface area contributed by atoms with E-state index in [1.54, 1.807) is 34.8 Å². The van der Waals surface area contributed by atoms with Gasteiger partial charge in [-0.1, -0.05) is 0 Å². The zero-order valence-corrected chi connectivity index (χ0v) is 19.5. The van der Waals surface area contributed by atoms with Crippen molar-refractivity contribution in [1.82, 2.24) is 9.97 Å². The molecule has 4 aromatic heterocycles. The molecule has 10 nitrogen and oxygen atoms in total. The number of H-pyrrole nitrogens is 2. The number of ether oxygens (including phenoxy) is 4. The number of carbonyl (C=O) groups is 4. The Balaban J connectivity index is 1.19. The first-order chi connectivity index (χ1) is 17.4.